The molecule has 1 aliphatic rings. The minimum Gasteiger partial charge on any atom is -0.474 e. The third kappa shape index (κ3) is 5.70. The Balaban J connectivity index is 1.99. The van der Waals surface area contributed by atoms with Gasteiger partial charge in [0.15, 0.2) is 0 Å². The van der Waals surface area contributed by atoms with Gasteiger partial charge < -0.3 is 9.64 Å². The summed E-state index contributed by atoms with van der Waals surface area (Å²) < 4.78 is 7.09. The van der Waals surface area contributed by atoms with E-state index in [1.807, 2.05) is 31.3 Å². The highest BCUT2D eigenvalue weighted by molar-refractivity contribution is 9.10. The lowest BCUT2D eigenvalue weighted by Gasteiger charge is -2.32. The first-order valence-electron chi connectivity index (χ1n) is 9.52. The number of ether oxygens (including phenoxy) is 1. The van der Waals surface area contributed by atoms with Crippen molar-refractivity contribution >= 4 is 28.0 Å². The molecule has 140 valence electrons. The predicted octanol–water partition coefficient (Wildman–Crippen LogP) is 5.75. The topological polar surface area (TPSA) is 37.7 Å². The molecule has 1 atom stereocenters. The maximum Gasteiger partial charge on any atom is 0.228 e. The van der Waals surface area contributed by atoms with Gasteiger partial charge in [0.25, 0.3) is 0 Å². The highest BCUT2D eigenvalue weighted by atomic mass is 79.9. The number of pyridine rings is 1. The molecule has 1 heterocycles. The molecule has 0 bridgehead atoms. The summed E-state index contributed by atoms with van der Waals surface area (Å²) >= 11 is 3.60. The minimum absolute atomic E-state index is 0.282. The Morgan fingerprint density at radius 1 is 1.36 bits per heavy atom. The van der Waals surface area contributed by atoms with Gasteiger partial charge in [0.05, 0.1) is 22.2 Å². The van der Waals surface area contributed by atoms with Crippen LogP contribution in [0.5, 0.6) is 5.88 Å². The summed E-state index contributed by atoms with van der Waals surface area (Å²) in [7, 11) is 2.01. The number of hydrogen-bond donors (Lipinski definition) is 0. The summed E-state index contributed by atoms with van der Waals surface area (Å²) in [4.78, 5) is 11.2. The Kier molecular flexibility index (Phi) is 7.73. The monoisotopic (exact) mass is 409 g/mol. The Bertz CT molecular complexity index is 583. The molecule has 1 aromatic heterocycles. The molecule has 2 rings (SSSR count). The quantitative estimate of drug-likeness (QED) is 0.424. The van der Waals surface area contributed by atoms with Crippen molar-refractivity contribution < 1.29 is 4.74 Å². The molecule has 5 heteroatoms. The Hall–Kier alpha value is -1.10. The van der Waals surface area contributed by atoms with Crippen LogP contribution in [0.2, 0.25) is 0 Å². The van der Waals surface area contributed by atoms with Gasteiger partial charge in [0.1, 0.15) is 6.10 Å². The second kappa shape index (κ2) is 9.56. The van der Waals surface area contributed by atoms with Crippen LogP contribution in [0, 0.1) is 18.8 Å². The van der Waals surface area contributed by atoms with Crippen LogP contribution in [0.25, 0.3) is 0 Å². The Labute approximate surface area is 161 Å². The molecule has 0 radical (unpaired) electrons. The van der Waals surface area contributed by atoms with Crippen LogP contribution in [0.1, 0.15) is 58.6 Å². The molecule has 1 fully saturated rings. The van der Waals surface area contributed by atoms with E-state index in [1.165, 1.54) is 19.3 Å². The van der Waals surface area contributed by atoms with Gasteiger partial charge in [-0.1, -0.05) is 20.3 Å². The fourth-order valence-corrected chi connectivity index (χ4v) is 3.67. The molecule has 0 aromatic carbocycles. The summed E-state index contributed by atoms with van der Waals surface area (Å²) in [5.41, 5.74) is 1.77. The van der Waals surface area contributed by atoms with E-state index in [0.717, 1.165) is 47.1 Å². The third-order valence-electron chi connectivity index (χ3n) is 5.45. The van der Waals surface area contributed by atoms with E-state index in [-0.39, 0.29) is 6.10 Å². The van der Waals surface area contributed by atoms with Gasteiger partial charge in [-0.3, -0.25) is 0 Å². The lowest BCUT2D eigenvalue weighted by Crippen LogP contribution is -2.27. The van der Waals surface area contributed by atoms with Crippen molar-refractivity contribution in [1.29, 1.82) is 0 Å². The largest absolute Gasteiger partial charge is 0.474 e. The van der Waals surface area contributed by atoms with Crippen molar-refractivity contribution in [3.8, 4) is 5.88 Å². The maximum absolute atomic E-state index is 6.21. The number of aryl methyl sites for hydroxylation is 1. The van der Waals surface area contributed by atoms with Gasteiger partial charge in [-0.05, 0) is 73.4 Å². The van der Waals surface area contributed by atoms with Gasteiger partial charge in [-0.2, -0.15) is 0 Å². The lowest BCUT2D eigenvalue weighted by molar-refractivity contribution is 0.107. The average molecular weight is 410 g/mol. The Morgan fingerprint density at radius 2 is 2.04 bits per heavy atom. The molecule has 1 saturated carbocycles. The average Bonchev–Trinajstić information content (AvgIpc) is 2.62. The van der Waals surface area contributed by atoms with E-state index in [4.69, 9.17) is 4.74 Å². The molecule has 25 heavy (non-hydrogen) atoms. The minimum atomic E-state index is 0.282. The van der Waals surface area contributed by atoms with E-state index in [2.05, 4.69) is 46.7 Å². The highest BCUT2D eigenvalue weighted by Gasteiger charge is 2.26. The van der Waals surface area contributed by atoms with Crippen molar-refractivity contribution in [2.45, 2.75) is 65.9 Å². The summed E-state index contributed by atoms with van der Waals surface area (Å²) in [6.45, 7) is 9.68. The van der Waals surface area contributed by atoms with E-state index in [0.29, 0.717) is 5.88 Å². The van der Waals surface area contributed by atoms with Crippen LogP contribution in [0.15, 0.2) is 15.5 Å². The van der Waals surface area contributed by atoms with Gasteiger partial charge in [0, 0.05) is 13.6 Å². The molecule has 1 aromatic rings. The molecule has 1 aliphatic carbocycles. The van der Waals surface area contributed by atoms with Crippen molar-refractivity contribution in [1.82, 2.24) is 9.88 Å². The van der Waals surface area contributed by atoms with E-state index in [9.17, 15) is 0 Å². The van der Waals surface area contributed by atoms with Crippen molar-refractivity contribution in [3.63, 3.8) is 0 Å². The zero-order chi connectivity index (χ0) is 18.4. The van der Waals surface area contributed by atoms with Gasteiger partial charge in [-0.15, -0.1) is 0 Å². The van der Waals surface area contributed by atoms with E-state index in [1.54, 1.807) is 0 Å². The van der Waals surface area contributed by atoms with Crippen molar-refractivity contribution in [3.05, 3.63) is 16.2 Å². The lowest BCUT2D eigenvalue weighted by atomic mass is 9.79. The second-order valence-corrected chi connectivity index (χ2v) is 8.09. The SMILES string of the molecule is CCC(C)[C@H]1CC[C@H](Oc2nc(C)c(/N=C/N(C)CC)cc2Br)CC1. The molecule has 0 saturated heterocycles. The third-order valence-corrected chi connectivity index (χ3v) is 6.01. The maximum atomic E-state index is 6.21. The molecule has 0 spiro atoms. The molecular weight excluding hydrogens is 378 g/mol. The van der Waals surface area contributed by atoms with Crippen LogP contribution in [0.3, 0.4) is 0 Å². The Morgan fingerprint density at radius 3 is 2.64 bits per heavy atom. The van der Waals surface area contributed by atoms with Crippen LogP contribution in [-0.2, 0) is 0 Å². The second-order valence-electron chi connectivity index (χ2n) is 7.24. The number of aliphatic imine (C=N–C) groups is 1. The van der Waals surface area contributed by atoms with E-state index < -0.39 is 0 Å². The molecule has 0 amide bonds. The summed E-state index contributed by atoms with van der Waals surface area (Å²) in [5, 5.41) is 0. The normalized spacial score (nSPS) is 22.2. The predicted molar refractivity (Wildman–Crippen MR) is 109 cm³/mol. The molecule has 0 aliphatic heterocycles. The van der Waals surface area contributed by atoms with Crippen LogP contribution in [-0.4, -0.2) is 35.9 Å². The summed E-state index contributed by atoms with van der Waals surface area (Å²) in [6, 6.07) is 2.00. The van der Waals surface area contributed by atoms with Crippen LogP contribution in [0.4, 0.5) is 5.69 Å². The molecular formula is C20H32BrN3O. The first kappa shape index (κ1) is 20.2. The van der Waals surface area contributed by atoms with Gasteiger partial charge in [0.2, 0.25) is 5.88 Å². The highest BCUT2D eigenvalue weighted by Crippen LogP contribution is 2.35. The smallest absolute Gasteiger partial charge is 0.228 e. The van der Waals surface area contributed by atoms with Crippen molar-refractivity contribution in [2.24, 2.45) is 16.8 Å². The standard InChI is InChI=1S/C20H32BrN3O/c1-6-14(3)16-8-10-17(11-9-16)25-20-18(21)12-19(15(4)23-20)22-13-24(5)7-2/h12-14,16-17H,6-11H2,1-5H3/b22-13+/t14?,16-,17-. The molecule has 1 unspecified atom stereocenters. The summed E-state index contributed by atoms with van der Waals surface area (Å²) in [5.74, 6) is 2.38. The fraction of sp³-hybridized carbons (Fsp3) is 0.700. The molecule has 0 N–H and O–H groups in total. The molecule has 4 nitrogen and oxygen atoms in total. The van der Waals surface area contributed by atoms with E-state index >= 15 is 0 Å². The number of aromatic nitrogens is 1. The first-order chi connectivity index (χ1) is 11.9. The van der Waals surface area contributed by atoms with Crippen LogP contribution < -0.4 is 4.74 Å². The summed E-state index contributed by atoms with van der Waals surface area (Å²) in [6.07, 6.45) is 8.19. The van der Waals surface area contributed by atoms with Crippen LogP contribution >= 0.6 is 15.9 Å². The number of hydrogen-bond acceptors (Lipinski definition) is 3. The fourth-order valence-electron chi connectivity index (χ4n) is 3.27. The van der Waals surface area contributed by atoms with Gasteiger partial charge in [-0.25, -0.2) is 9.98 Å². The number of nitrogens with zero attached hydrogens (tertiary/aromatic N) is 3. The number of rotatable bonds is 7. The number of halogens is 1. The first-order valence-corrected chi connectivity index (χ1v) is 10.3. The zero-order valence-corrected chi connectivity index (χ0v) is 17.8. The van der Waals surface area contributed by atoms with Crippen molar-refractivity contribution in [2.75, 3.05) is 13.6 Å². The van der Waals surface area contributed by atoms with Gasteiger partial charge >= 0.3 is 0 Å². The zero-order valence-electron chi connectivity index (χ0n) is 16.3.